The Kier molecular flexibility index (Phi) is 6.37. The van der Waals surface area contributed by atoms with Gasteiger partial charge in [0.1, 0.15) is 0 Å². The Bertz CT molecular complexity index is 398. The van der Waals surface area contributed by atoms with E-state index in [0.717, 1.165) is 5.56 Å². The van der Waals surface area contributed by atoms with Crippen LogP contribution in [0.25, 0.3) is 0 Å². The van der Waals surface area contributed by atoms with Crippen molar-refractivity contribution in [2.24, 2.45) is 0 Å². The van der Waals surface area contributed by atoms with Crippen LogP contribution in [0.2, 0.25) is 0 Å². The molecule has 4 heteroatoms. The molecule has 1 atom stereocenters. The molecule has 0 aliphatic carbocycles. The molecule has 0 radical (unpaired) electrons. The maximum absolute atomic E-state index is 11.4. The van der Waals surface area contributed by atoms with E-state index in [2.05, 4.69) is 16.6 Å². The molecule has 0 heterocycles. The van der Waals surface area contributed by atoms with Gasteiger partial charge in [-0.15, -0.1) is 6.42 Å². The number of benzene rings is 1. The molecule has 0 saturated heterocycles. The third kappa shape index (κ3) is 4.89. The Morgan fingerprint density at radius 1 is 1.33 bits per heavy atom. The van der Waals surface area contributed by atoms with E-state index in [1.165, 1.54) is 0 Å². The lowest BCUT2D eigenvalue weighted by atomic mass is 9.96. The van der Waals surface area contributed by atoms with Crippen molar-refractivity contribution < 1.29 is 9.90 Å². The first-order valence-corrected chi connectivity index (χ1v) is 5.89. The number of aliphatic hydroxyl groups excluding tert-OH is 1. The Hall–Kier alpha value is -1.99. The first kappa shape index (κ1) is 14.1. The number of carbonyl (C=O) groups is 1. The van der Waals surface area contributed by atoms with Gasteiger partial charge in [0.25, 0.3) is 0 Å². The summed E-state index contributed by atoms with van der Waals surface area (Å²) in [4.78, 5) is 11.4. The van der Waals surface area contributed by atoms with E-state index in [9.17, 15) is 4.79 Å². The van der Waals surface area contributed by atoms with E-state index in [1.54, 1.807) is 0 Å². The Morgan fingerprint density at radius 3 is 2.67 bits per heavy atom. The van der Waals surface area contributed by atoms with Crippen LogP contribution in [0, 0.1) is 12.3 Å². The van der Waals surface area contributed by atoms with Crippen molar-refractivity contribution in [2.45, 2.75) is 12.3 Å². The van der Waals surface area contributed by atoms with Crippen LogP contribution in [-0.2, 0) is 0 Å². The fourth-order valence-corrected chi connectivity index (χ4v) is 1.68. The van der Waals surface area contributed by atoms with Crippen LogP contribution in [0.3, 0.4) is 0 Å². The molecule has 1 rings (SSSR count). The zero-order chi connectivity index (χ0) is 13.2. The molecule has 0 spiro atoms. The molecule has 4 nitrogen and oxygen atoms in total. The fraction of sp³-hybridized carbons (Fsp3) is 0.357. The summed E-state index contributed by atoms with van der Waals surface area (Å²) in [6.45, 7) is 0.774. The van der Waals surface area contributed by atoms with Gasteiger partial charge < -0.3 is 15.7 Å². The highest BCUT2D eigenvalue weighted by molar-refractivity contribution is 5.74. The molecule has 2 amide bonds. The highest BCUT2D eigenvalue weighted by Gasteiger charge is 2.11. The second kappa shape index (κ2) is 8.15. The van der Waals surface area contributed by atoms with E-state index in [4.69, 9.17) is 11.5 Å². The number of hydrogen-bond acceptors (Lipinski definition) is 2. The van der Waals surface area contributed by atoms with E-state index in [1.807, 2.05) is 30.3 Å². The molecular weight excluding hydrogens is 228 g/mol. The lowest BCUT2D eigenvalue weighted by Crippen LogP contribution is -2.38. The first-order valence-electron chi connectivity index (χ1n) is 5.89. The van der Waals surface area contributed by atoms with Crippen molar-refractivity contribution in [2.75, 3.05) is 19.7 Å². The van der Waals surface area contributed by atoms with Crippen LogP contribution in [-0.4, -0.2) is 30.8 Å². The standard InChI is InChI=1S/C14H18N2O2/c1-2-9-15-14(18)16-11-13(8-10-17)12-6-4-3-5-7-12/h1,3-7,13,17H,8-11H2,(H2,15,16,18). The SMILES string of the molecule is C#CCNC(=O)NCC(CCO)c1ccccc1. The Morgan fingerprint density at radius 2 is 2.06 bits per heavy atom. The van der Waals surface area contributed by atoms with Crippen molar-refractivity contribution in [3.8, 4) is 12.3 Å². The lowest BCUT2D eigenvalue weighted by molar-refractivity contribution is 0.238. The summed E-state index contributed by atoms with van der Waals surface area (Å²) in [5, 5.41) is 14.3. The Labute approximate surface area is 107 Å². The molecule has 0 aliphatic heterocycles. The maximum Gasteiger partial charge on any atom is 0.315 e. The molecule has 0 fully saturated rings. The lowest BCUT2D eigenvalue weighted by Gasteiger charge is -2.17. The summed E-state index contributed by atoms with van der Waals surface area (Å²) in [6, 6.07) is 9.51. The van der Waals surface area contributed by atoms with E-state index in [0.29, 0.717) is 13.0 Å². The quantitative estimate of drug-likeness (QED) is 0.658. The third-order valence-electron chi connectivity index (χ3n) is 2.61. The van der Waals surface area contributed by atoms with Crippen LogP contribution in [0.5, 0.6) is 0 Å². The van der Waals surface area contributed by atoms with Crippen LogP contribution in [0.1, 0.15) is 17.9 Å². The molecule has 1 aromatic carbocycles. The van der Waals surface area contributed by atoms with Gasteiger partial charge >= 0.3 is 6.03 Å². The number of amides is 2. The van der Waals surface area contributed by atoms with Crippen LogP contribution in [0.15, 0.2) is 30.3 Å². The normalized spacial score (nSPS) is 11.3. The Balaban J connectivity index is 2.49. The number of urea groups is 1. The third-order valence-corrected chi connectivity index (χ3v) is 2.61. The number of terminal acetylenes is 1. The topological polar surface area (TPSA) is 61.4 Å². The number of carbonyl (C=O) groups excluding carboxylic acids is 1. The molecule has 1 aromatic rings. The maximum atomic E-state index is 11.4. The molecule has 1 unspecified atom stereocenters. The molecule has 0 aliphatic rings. The van der Waals surface area contributed by atoms with Crippen molar-refractivity contribution in [3.63, 3.8) is 0 Å². The van der Waals surface area contributed by atoms with Crippen LogP contribution >= 0.6 is 0 Å². The summed E-state index contributed by atoms with van der Waals surface area (Å²) in [6.07, 6.45) is 5.66. The van der Waals surface area contributed by atoms with Gasteiger partial charge in [0, 0.05) is 19.1 Å². The number of hydrogen-bond donors (Lipinski definition) is 3. The molecule has 96 valence electrons. The first-order chi connectivity index (χ1) is 8.77. The van der Waals surface area contributed by atoms with Crippen molar-refractivity contribution in [1.29, 1.82) is 0 Å². The van der Waals surface area contributed by atoms with Gasteiger partial charge in [0.2, 0.25) is 0 Å². The van der Waals surface area contributed by atoms with E-state index in [-0.39, 0.29) is 25.1 Å². The summed E-state index contributed by atoms with van der Waals surface area (Å²) in [5.74, 6) is 2.44. The van der Waals surface area contributed by atoms with Crippen molar-refractivity contribution >= 4 is 6.03 Å². The average Bonchev–Trinajstić information content (AvgIpc) is 2.42. The molecule has 3 N–H and O–H groups in total. The molecular formula is C14H18N2O2. The van der Waals surface area contributed by atoms with Gasteiger partial charge in [0.15, 0.2) is 0 Å². The molecule has 0 bridgehead atoms. The minimum Gasteiger partial charge on any atom is -0.396 e. The predicted octanol–water partition coefficient (Wildman–Crippen LogP) is 1.08. The second-order valence-corrected chi connectivity index (χ2v) is 3.89. The van der Waals surface area contributed by atoms with Gasteiger partial charge in [-0.1, -0.05) is 36.3 Å². The number of nitrogens with one attached hydrogen (secondary N) is 2. The highest BCUT2D eigenvalue weighted by atomic mass is 16.3. The summed E-state index contributed by atoms with van der Waals surface area (Å²) < 4.78 is 0. The molecule has 0 saturated carbocycles. The second-order valence-electron chi connectivity index (χ2n) is 3.89. The van der Waals surface area contributed by atoms with Crippen molar-refractivity contribution in [3.05, 3.63) is 35.9 Å². The van der Waals surface area contributed by atoms with Gasteiger partial charge in [0.05, 0.1) is 6.54 Å². The van der Waals surface area contributed by atoms with Crippen LogP contribution in [0.4, 0.5) is 4.79 Å². The van der Waals surface area contributed by atoms with Crippen LogP contribution < -0.4 is 10.6 Å². The van der Waals surface area contributed by atoms with Gasteiger partial charge in [-0.25, -0.2) is 4.79 Å². The number of rotatable bonds is 6. The average molecular weight is 246 g/mol. The fourth-order valence-electron chi connectivity index (χ4n) is 1.68. The minimum absolute atomic E-state index is 0.0905. The van der Waals surface area contributed by atoms with E-state index >= 15 is 0 Å². The summed E-state index contributed by atoms with van der Waals surface area (Å²) in [5.41, 5.74) is 1.10. The van der Waals surface area contributed by atoms with Gasteiger partial charge in [-0.2, -0.15) is 0 Å². The van der Waals surface area contributed by atoms with Gasteiger partial charge in [-0.05, 0) is 12.0 Å². The molecule has 18 heavy (non-hydrogen) atoms. The zero-order valence-corrected chi connectivity index (χ0v) is 10.2. The molecule has 0 aromatic heterocycles. The monoisotopic (exact) mass is 246 g/mol. The smallest absolute Gasteiger partial charge is 0.315 e. The van der Waals surface area contributed by atoms with Crippen molar-refractivity contribution in [1.82, 2.24) is 10.6 Å². The largest absolute Gasteiger partial charge is 0.396 e. The minimum atomic E-state index is -0.285. The van der Waals surface area contributed by atoms with Gasteiger partial charge in [-0.3, -0.25) is 0 Å². The summed E-state index contributed by atoms with van der Waals surface area (Å²) in [7, 11) is 0. The van der Waals surface area contributed by atoms with E-state index < -0.39 is 0 Å². The highest BCUT2D eigenvalue weighted by Crippen LogP contribution is 2.17. The number of aliphatic hydroxyl groups is 1. The summed E-state index contributed by atoms with van der Waals surface area (Å²) >= 11 is 0. The predicted molar refractivity (Wildman–Crippen MR) is 71.1 cm³/mol. The zero-order valence-electron chi connectivity index (χ0n) is 10.2.